The summed E-state index contributed by atoms with van der Waals surface area (Å²) in [6.45, 7) is 3.73. The maximum absolute atomic E-state index is 11.1. The third kappa shape index (κ3) is 9.08. The number of nitro benzene ring substituents is 1. The van der Waals surface area contributed by atoms with Crippen LogP contribution in [0.2, 0.25) is 0 Å². The molecule has 2 fully saturated rings. The minimum atomic E-state index is -0.958. The van der Waals surface area contributed by atoms with E-state index in [-0.39, 0.29) is 11.6 Å². The molecule has 2 saturated carbocycles. The zero-order chi connectivity index (χ0) is 23.3. The Balaban J connectivity index is 0.000000242. The number of nitrogens with one attached hydrogen (secondary N) is 2. The molecule has 0 unspecified atom stereocenters. The largest absolute Gasteiger partial charge is 0.480 e. The average Bonchev–Trinajstić information content (AvgIpc) is 2.80. The quantitative estimate of drug-likeness (QED) is 0.236. The van der Waals surface area contributed by atoms with Crippen molar-refractivity contribution in [3.63, 3.8) is 0 Å². The monoisotopic (exact) mass is 465 g/mol. The lowest BCUT2D eigenvalue weighted by molar-refractivity contribution is -0.387. The maximum Gasteiger partial charge on any atom is 0.321 e. The highest BCUT2D eigenvalue weighted by Gasteiger charge is 2.24. The molecule has 8 heteroatoms. The van der Waals surface area contributed by atoms with Crippen molar-refractivity contribution < 1.29 is 14.8 Å². The molecule has 32 heavy (non-hydrogen) atoms. The molecular formula is C24H39N3O4S. The number of hydrogen-bond donors (Lipinski definition) is 3. The summed E-state index contributed by atoms with van der Waals surface area (Å²) in [5.74, 6) is -1.02. The van der Waals surface area contributed by atoms with Gasteiger partial charge in [-0.2, -0.15) is 0 Å². The van der Waals surface area contributed by atoms with Gasteiger partial charge in [0.25, 0.3) is 5.69 Å². The fourth-order valence-electron chi connectivity index (χ4n) is 4.34. The van der Waals surface area contributed by atoms with Crippen LogP contribution in [0.15, 0.2) is 29.2 Å². The van der Waals surface area contributed by atoms with Crippen LogP contribution in [-0.4, -0.2) is 34.1 Å². The van der Waals surface area contributed by atoms with Crippen LogP contribution >= 0.6 is 11.9 Å². The fraction of sp³-hybridized carbons (Fsp3) is 0.708. The van der Waals surface area contributed by atoms with Crippen LogP contribution in [0.25, 0.3) is 0 Å². The van der Waals surface area contributed by atoms with Crippen LogP contribution in [0.4, 0.5) is 5.69 Å². The van der Waals surface area contributed by atoms with Crippen molar-refractivity contribution in [1.82, 2.24) is 10.0 Å². The number of rotatable bonds is 9. The third-order valence-corrected chi connectivity index (χ3v) is 7.46. The van der Waals surface area contributed by atoms with Crippen LogP contribution in [0.1, 0.15) is 84.5 Å². The van der Waals surface area contributed by atoms with Crippen LogP contribution in [-0.2, 0) is 4.79 Å². The van der Waals surface area contributed by atoms with E-state index in [1.807, 2.05) is 13.8 Å². The van der Waals surface area contributed by atoms with E-state index in [4.69, 9.17) is 5.11 Å². The Morgan fingerprint density at radius 2 is 1.62 bits per heavy atom. The Morgan fingerprint density at radius 3 is 2.09 bits per heavy atom. The van der Waals surface area contributed by atoms with Gasteiger partial charge in [-0.15, -0.1) is 0 Å². The summed E-state index contributed by atoms with van der Waals surface area (Å²) in [7, 11) is 0. The molecule has 0 bridgehead atoms. The molecule has 1 aromatic rings. The SMILES string of the molecule is C1CCC(NC2CCCCC2)CC1.CC[C@H](C)[C@H](NSc1ccccc1[N+](=O)[O-])C(=O)O. The predicted molar refractivity (Wildman–Crippen MR) is 130 cm³/mol. The summed E-state index contributed by atoms with van der Waals surface area (Å²) >= 11 is 0.983. The van der Waals surface area contributed by atoms with E-state index in [2.05, 4.69) is 10.0 Å². The van der Waals surface area contributed by atoms with Gasteiger partial charge < -0.3 is 10.4 Å². The Labute approximate surface area is 196 Å². The lowest BCUT2D eigenvalue weighted by Crippen LogP contribution is -2.40. The molecule has 2 aliphatic carbocycles. The second-order valence-corrected chi connectivity index (χ2v) is 9.86. The van der Waals surface area contributed by atoms with Gasteiger partial charge in [0.15, 0.2) is 0 Å². The van der Waals surface area contributed by atoms with Crippen molar-refractivity contribution in [2.24, 2.45) is 5.92 Å². The van der Waals surface area contributed by atoms with E-state index in [1.165, 1.54) is 70.3 Å². The summed E-state index contributed by atoms with van der Waals surface area (Å²) in [6.07, 6.45) is 15.3. The van der Waals surface area contributed by atoms with Gasteiger partial charge in [0, 0.05) is 18.2 Å². The molecule has 2 atom stereocenters. The van der Waals surface area contributed by atoms with Crippen molar-refractivity contribution in [3.8, 4) is 0 Å². The highest BCUT2D eigenvalue weighted by molar-refractivity contribution is 7.97. The minimum absolute atomic E-state index is 0.0340. The summed E-state index contributed by atoms with van der Waals surface area (Å²) in [4.78, 5) is 21.9. The molecule has 0 spiro atoms. The number of nitrogens with zero attached hydrogens (tertiary/aromatic N) is 1. The summed E-state index contributed by atoms with van der Waals surface area (Å²) in [6, 6.07) is 7.24. The number of nitro groups is 1. The van der Waals surface area contributed by atoms with Gasteiger partial charge in [0.2, 0.25) is 0 Å². The van der Waals surface area contributed by atoms with Crippen molar-refractivity contribution in [2.45, 2.75) is 107 Å². The molecule has 180 valence electrons. The van der Waals surface area contributed by atoms with Crippen molar-refractivity contribution in [1.29, 1.82) is 0 Å². The van der Waals surface area contributed by atoms with Gasteiger partial charge in [0.1, 0.15) is 10.9 Å². The highest BCUT2D eigenvalue weighted by Crippen LogP contribution is 2.28. The Morgan fingerprint density at radius 1 is 1.09 bits per heavy atom. The molecular weight excluding hydrogens is 426 g/mol. The number of carboxylic acid groups (broad SMARTS) is 1. The molecule has 0 radical (unpaired) electrons. The van der Waals surface area contributed by atoms with Gasteiger partial charge in [-0.1, -0.05) is 70.9 Å². The molecule has 3 rings (SSSR count). The van der Waals surface area contributed by atoms with Crippen LogP contribution in [0.3, 0.4) is 0 Å². The molecule has 0 saturated heterocycles. The van der Waals surface area contributed by atoms with Gasteiger partial charge in [0.05, 0.1) is 4.92 Å². The summed E-state index contributed by atoms with van der Waals surface area (Å²) in [5, 5.41) is 23.8. The van der Waals surface area contributed by atoms with Crippen molar-refractivity contribution in [2.75, 3.05) is 0 Å². The molecule has 3 N–H and O–H groups in total. The second-order valence-electron chi connectivity index (χ2n) is 8.98. The van der Waals surface area contributed by atoms with Crippen LogP contribution in [0, 0.1) is 16.0 Å². The van der Waals surface area contributed by atoms with Gasteiger partial charge >= 0.3 is 5.97 Å². The number of hydrogen-bond acceptors (Lipinski definition) is 6. The molecule has 0 amide bonds. The summed E-state index contributed by atoms with van der Waals surface area (Å²) in [5.41, 5.74) is -0.0340. The minimum Gasteiger partial charge on any atom is -0.480 e. The maximum atomic E-state index is 11.1. The van der Waals surface area contributed by atoms with Crippen LogP contribution in [0.5, 0.6) is 0 Å². The number of aliphatic carboxylic acids is 1. The first kappa shape index (κ1) is 26.6. The molecule has 0 aliphatic heterocycles. The number of para-hydroxylation sites is 1. The fourth-order valence-corrected chi connectivity index (χ4v) is 5.32. The van der Waals surface area contributed by atoms with Gasteiger partial charge in [-0.05, 0) is 49.6 Å². The van der Waals surface area contributed by atoms with Crippen molar-refractivity contribution >= 4 is 23.6 Å². The van der Waals surface area contributed by atoms with E-state index in [9.17, 15) is 14.9 Å². The lowest BCUT2D eigenvalue weighted by Gasteiger charge is -2.30. The highest BCUT2D eigenvalue weighted by atomic mass is 32.2. The van der Waals surface area contributed by atoms with Crippen molar-refractivity contribution in [3.05, 3.63) is 34.4 Å². The molecule has 1 aromatic carbocycles. The Kier molecular flexibility index (Phi) is 12.1. The first-order valence-corrected chi connectivity index (χ1v) is 12.9. The molecule has 0 heterocycles. The molecule has 7 nitrogen and oxygen atoms in total. The van der Waals surface area contributed by atoms with E-state index >= 15 is 0 Å². The van der Waals surface area contributed by atoms with E-state index < -0.39 is 16.9 Å². The van der Waals surface area contributed by atoms with E-state index in [0.29, 0.717) is 11.3 Å². The molecule has 2 aliphatic rings. The number of benzene rings is 1. The normalized spacial score (nSPS) is 19.4. The van der Waals surface area contributed by atoms with E-state index in [1.54, 1.807) is 18.2 Å². The number of carbonyl (C=O) groups is 1. The van der Waals surface area contributed by atoms with Gasteiger partial charge in [-0.25, -0.2) is 4.72 Å². The van der Waals surface area contributed by atoms with E-state index in [0.717, 1.165) is 24.0 Å². The predicted octanol–water partition coefficient (Wildman–Crippen LogP) is 5.93. The Hall–Kier alpha value is -1.64. The average molecular weight is 466 g/mol. The van der Waals surface area contributed by atoms with Crippen LogP contribution < -0.4 is 10.0 Å². The van der Waals surface area contributed by atoms with Gasteiger partial charge in [-0.3, -0.25) is 14.9 Å². The Bertz CT molecular complexity index is 690. The zero-order valence-corrected chi connectivity index (χ0v) is 20.2. The zero-order valence-electron chi connectivity index (χ0n) is 19.4. The summed E-state index contributed by atoms with van der Waals surface area (Å²) < 4.78 is 2.79. The number of carboxylic acids is 1. The second kappa shape index (κ2) is 14.5. The lowest BCUT2D eigenvalue weighted by atomic mass is 9.91. The smallest absolute Gasteiger partial charge is 0.321 e. The standard InChI is InChI=1S/C12H16N2O4S.C12H23N/c1-3-8(2)11(12(15)16)13-19-10-7-5-4-6-9(10)14(17)18;1-3-7-11(8-4-1)13-12-9-5-2-6-10-12/h4-8,11,13H,3H2,1-2H3,(H,15,16);11-13H,1-10H2/t8-,11-;/m0./s1. The first-order chi connectivity index (χ1) is 15.4. The first-order valence-electron chi connectivity index (χ1n) is 12.1. The molecule has 0 aromatic heterocycles. The topological polar surface area (TPSA) is 105 Å². The third-order valence-electron chi connectivity index (χ3n) is 6.52.